The second-order valence-corrected chi connectivity index (χ2v) is 4.64. The number of rotatable bonds is 5. The van der Waals surface area contributed by atoms with E-state index in [2.05, 4.69) is 6.58 Å². The topological polar surface area (TPSA) is 49.7 Å². The molecule has 1 atom stereocenters. The zero-order valence-corrected chi connectivity index (χ0v) is 11.9. The summed E-state index contributed by atoms with van der Waals surface area (Å²) in [4.78, 5) is 0. The Hall–Kier alpha value is -2.68. The molecule has 2 aromatic rings. The van der Waals surface area contributed by atoms with E-state index in [1.54, 1.807) is 24.3 Å². The Kier molecular flexibility index (Phi) is 4.67. The minimum atomic E-state index is 0.00769. The molecule has 0 unspecified atom stereocenters. The largest absolute Gasteiger partial charge is 0.508 e. The minimum absolute atomic E-state index is 0.00769. The molecule has 0 aromatic heterocycles. The van der Waals surface area contributed by atoms with Crippen LogP contribution in [-0.2, 0) is 0 Å². The van der Waals surface area contributed by atoms with Crippen LogP contribution >= 0.6 is 0 Å². The molecule has 0 radical (unpaired) electrons. The fourth-order valence-corrected chi connectivity index (χ4v) is 2.03. The molecule has 0 heterocycles. The number of allylic oxidation sites excluding steroid dienone is 2. The van der Waals surface area contributed by atoms with Gasteiger partial charge in [-0.3, -0.25) is 0 Å². The predicted octanol–water partition coefficient (Wildman–Crippen LogP) is 4.09. The van der Waals surface area contributed by atoms with E-state index in [-0.39, 0.29) is 17.4 Å². The highest BCUT2D eigenvalue weighted by atomic mass is 16.5. The summed E-state index contributed by atoms with van der Waals surface area (Å²) in [6, 6.07) is 12.2. The van der Waals surface area contributed by atoms with Crippen molar-refractivity contribution in [2.24, 2.45) is 0 Å². The Bertz CT molecular complexity index is 642. The minimum Gasteiger partial charge on any atom is -0.508 e. The molecule has 0 bridgehead atoms. The van der Waals surface area contributed by atoms with E-state index < -0.39 is 0 Å². The summed E-state index contributed by atoms with van der Waals surface area (Å²) in [6.45, 7) is 3.85. The van der Waals surface area contributed by atoms with Crippen LogP contribution in [0.5, 0.6) is 17.2 Å². The summed E-state index contributed by atoms with van der Waals surface area (Å²) in [5.74, 6) is 0.813. The van der Waals surface area contributed by atoms with Crippen LogP contribution in [0.3, 0.4) is 0 Å². The number of hydrogen-bond donors (Lipinski definition) is 2. The Morgan fingerprint density at radius 2 is 1.81 bits per heavy atom. The molecule has 0 spiro atoms. The van der Waals surface area contributed by atoms with E-state index >= 15 is 0 Å². The van der Waals surface area contributed by atoms with Gasteiger partial charge in [0.1, 0.15) is 5.75 Å². The Morgan fingerprint density at radius 1 is 1.10 bits per heavy atom. The SMILES string of the molecule is C=C[C@H](C=Cc1ccc(O)cc1)c1ccc(O)c(OC)c1. The van der Waals surface area contributed by atoms with Crippen molar-refractivity contribution in [2.75, 3.05) is 7.11 Å². The first-order valence-corrected chi connectivity index (χ1v) is 6.60. The molecular weight excluding hydrogens is 264 g/mol. The molecule has 0 aliphatic carbocycles. The summed E-state index contributed by atoms with van der Waals surface area (Å²) in [5, 5.41) is 18.9. The number of ether oxygens (including phenoxy) is 1. The van der Waals surface area contributed by atoms with E-state index in [0.29, 0.717) is 5.75 Å². The molecule has 2 N–H and O–H groups in total. The molecule has 0 fully saturated rings. The van der Waals surface area contributed by atoms with Crippen molar-refractivity contribution >= 4 is 6.08 Å². The first kappa shape index (κ1) is 14.7. The third-order valence-electron chi connectivity index (χ3n) is 3.23. The van der Waals surface area contributed by atoms with Crippen molar-refractivity contribution < 1.29 is 14.9 Å². The average Bonchev–Trinajstić information content (AvgIpc) is 2.51. The summed E-state index contributed by atoms with van der Waals surface area (Å²) in [7, 11) is 1.52. The van der Waals surface area contributed by atoms with E-state index in [0.717, 1.165) is 11.1 Å². The van der Waals surface area contributed by atoms with Gasteiger partial charge in [0.2, 0.25) is 0 Å². The second-order valence-electron chi connectivity index (χ2n) is 4.64. The lowest BCUT2D eigenvalue weighted by atomic mass is 9.97. The van der Waals surface area contributed by atoms with Crippen LogP contribution in [-0.4, -0.2) is 17.3 Å². The molecule has 3 nitrogen and oxygen atoms in total. The van der Waals surface area contributed by atoms with E-state index in [4.69, 9.17) is 4.74 Å². The summed E-state index contributed by atoms with van der Waals surface area (Å²) >= 11 is 0. The quantitative estimate of drug-likeness (QED) is 0.812. The first-order valence-electron chi connectivity index (χ1n) is 6.60. The maximum absolute atomic E-state index is 9.63. The normalized spacial score (nSPS) is 12.2. The van der Waals surface area contributed by atoms with Gasteiger partial charge >= 0.3 is 0 Å². The van der Waals surface area contributed by atoms with Crippen molar-refractivity contribution in [3.63, 3.8) is 0 Å². The van der Waals surface area contributed by atoms with Crippen LogP contribution in [0.4, 0.5) is 0 Å². The van der Waals surface area contributed by atoms with Gasteiger partial charge in [0.25, 0.3) is 0 Å². The van der Waals surface area contributed by atoms with Crippen LogP contribution in [0.15, 0.2) is 61.2 Å². The van der Waals surface area contributed by atoms with Crippen molar-refractivity contribution in [2.45, 2.75) is 5.92 Å². The molecule has 0 saturated carbocycles. The summed E-state index contributed by atoms with van der Waals surface area (Å²) < 4.78 is 5.12. The van der Waals surface area contributed by atoms with E-state index in [1.165, 1.54) is 7.11 Å². The van der Waals surface area contributed by atoms with Crippen LogP contribution in [0.1, 0.15) is 17.0 Å². The number of aromatic hydroxyl groups is 2. The van der Waals surface area contributed by atoms with Gasteiger partial charge in [-0.1, -0.05) is 36.4 Å². The highest BCUT2D eigenvalue weighted by Crippen LogP contribution is 2.30. The fraction of sp³-hybridized carbons (Fsp3) is 0.111. The fourth-order valence-electron chi connectivity index (χ4n) is 2.03. The monoisotopic (exact) mass is 282 g/mol. The third kappa shape index (κ3) is 3.66. The summed E-state index contributed by atoms with van der Waals surface area (Å²) in [5.41, 5.74) is 1.97. The van der Waals surface area contributed by atoms with Crippen molar-refractivity contribution in [3.8, 4) is 17.2 Å². The lowest BCUT2D eigenvalue weighted by molar-refractivity contribution is 0.373. The zero-order chi connectivity index (χ0) is 15.2. The maximum atomic E-state index is 9.63. The third-order valence-corrected chi connectivity index (χ3v) is 3.23. The van der Waals surface area contributed by atoms with Crippen molar-refractivity contribution in [3.05, 3.63) is 72.3 Å². The molecule has 2 aromatic carbocycles. The molecule has 0 amide bonds. The average molecular weight is 282 g/mol. The lowest BCUT2D eigenvalue weighted by Gasteiger charge is -2.11. The van der Waals surface area contributed by atoms with Gasteiger partial charge in [0.15, 0.2) is 11.5 Å². The van der Waals surface area contributed by atoms with Crippen molar-refractivity contribution in [1.29, 1.82) is 0 Å². The molecule has 3 heteroatoms. The molecule has 2 rings (SSSR count). The van der Waals surface area contributed by atoms with Crippen LogP contribution in [0.25, 0.3) is 6.08 Å². The molecule has 0 aliphatic heterocycles. The first-order chi connectivity index (χ1) is 10.1. The van der Waals surface area contributed by atoms with E-state index in [1.807, 2.05) is 36.4 Å². The van der Waals surface area contributed by atoms with Gasteiger partial charge in [-0.15, -0.1) is 6.58 Å². The second kappa shape index (κ2) is 6.66. The molecule has 108 valence electrons. The molecule has 0 aliphatic rings. The number of phenolic OH excluding ortho intramolecular Hbond substituents is 2. The van der Waals surface area contributed by atoms with Crippen molar-refractivity contribution in [1.82, 2.24) is 0 Å². The van der Waals surface area contributed by atoms with Gasteiger partial charge in [-0.25, -0.2) is 0 Å². The predicted molar refractivity (Wildman–Crippen MR) is 84.7 cm³/mol. The smallest absolute Gasteiger partial charge is 0.160 e. The van der Waals surface area contributed by atoms with Crippen LogP contribution in [0.2, 0.25) is 0 Å². The number of hydrogen-bond acceptors (Lipinski definition) is 3. The highest BCUT2D eigenvalue weighted by molar-refractivity contribution is 5.53. The van der Waals surface area contributed by atoms with Gasteiger partial charge in [-0.2, -0.15) is 0 Å². The maximum Gasteiger partial charge on any atom is 0.160 e. The Labute approximate surface area is 124 Å². The number of phenols is 2. The van der Waals surface area contributed by atoms with Gasteiger partial charge in [0.05, 0.1) is 7.11 Å². The Morgan fingerprint density at radius 3 is 2.43 bits per heavy atom. The van der Waals surface area contributed by atoms with Crippen LogP contribution < -0.4 is 4.74 Å². The summed E-state index contributed by atoms with van der Waals surface area (Å²) in [6.07, 6.45) is 5.79. The van der Waals surface area contributed by atoms with Gasteiger partial charge in [-0.05, 0) is 35.4 Å². The lowest BCUT2D eigenvalue weighted by Crippen LogP contribution is -1.92. The number of methoxy groups -OCH3 is 1. The van der Waals surface area contributed by atoms with Gasteiger partial charge < -0.3 is 14.9 Å². The standard InChI is InChI=1S/C18H18O3/c1-3-14(7-4-13-5-9-16(19)10-6-13)15-8-11-17(20)18(12-15)21-2/h3-12,14,19-20H,1H2,2H3/t14-/m1/s1. The number of benzene rings is 2. The van der Waals surface area contributed by atoms with Crippen LogP contribution in [0, 0.1) is 0 Å². The highest BCUT2D eigenvalue weighted by Gasteiger charge is 2.08. The zero-order valence-electron chi connectivity index (χ0n) is 11.9. The molecule has 21 heavy (non-hydrogen) atoms. The molecule has 0 saturated heterocycles. The Balaban J connectivity index is 2.23. The van der Waals surface area contributed by atoms with Gasteiger partial charge in [0, 0.05) is 5.92 Å². The molecular formula is C18H18O3. The van der Waals surface area contributed by atoms with E-state index in [9.17, 15) is 10.2 Å².